The second kappa shape index (κ2) is 5.34. The first-order valence-corrected chi connectivity index (χ1v) is 7.29. The van der Waals surface area contributed by atoms with Crippen LogP contribution in [-0.4, -0.2) is 31.6 Å². The summed E-state index contributed by atoms with van der Waals surface area (Å²) in [7, 11) is 1.56. The molecule has 0 N–H and O–H groups in total. The van der Waals surface area contributed by atoms with E-state index in [-0.39, 0.29) is 0 Å². The van der Waals surface area contributed by atoms with Gasteiger partial charge in [-0.2, -0.15) is 4.98 Å². The van der Waals surface area contributed by atoms with E-state index in [1.807, 2.05) is 17.7 Å². The average Bonchev–Trinajstić information content (AvgIpc) is 3.03. The number of hydrogen-bond donors (Lipinski definition) is 0. The van der Waals surface area contributed by atoms with Crippen molar-refractivity contribution in [2.45, 2.75) is 19.3 Å². The number of alkyl halides is 1. The van der Waals surface area contributed by atoms with Crippen molar-refractivity contribution in [3.05, 3.63) is 28.2 Å². The van der Waals surface area contributed by atoms with Crippen molar-refractivity contribution >= 4 is 34.1 Å². The first-order valence-electron chi connectivity index (χ1n) is 5.94. The molecule has 0 spiro atoms. The molecule has 0 aliphatic carbocycles. The Morgan fingerprint density at radius 3 is 2.85 bits per heavy atom. The van der Waals surface area contributed by atoms with Crippen LogP contribution in [0.2, 0.25) is 0 Å². The second-order valence-electron chi connectivity index (χ2n) is 4.15. The summed E-state index contributed by atoms with van der Waals surface area (Å²) in [6.07, 6.45) is 3.33. The third-order valence-corrected chi connectivity index (χ3v) is 4.01. The van der Waals surface area contributed by atoms with Gasteiger partial charge in [0.05, 0.1) is 24.5 Å². The van der Waals surface area contributed by atoms with E-state index in [2.05, 4.69) is 19.9 Å². The smallest absolute Gasteiger partial charge is 0.245 e. The zero-order chi connectivity index (χ0) is 14.1. The van der Waals surface area contributed by atoms with E-state index in [0.29, 0.717) is 23.8 Å². The number of aromatic nitrogens is 5. The molecule has 0 aromatic carbocycles. The Bertz CT molecular complexity index is 753. The lowest BCUT2D eigenvalue weighted by atomic mass is 10.5. The molecule has 0 unspecified atom stereocenters. The highest BCUT2D eigenvalue weighted by molar-refractivity contribution is 7.11. The van der Waals surface area contributed by atoms with Crippen LogP contribution >= 0.6 is 22.9 Å². The molecule has 0 saturated carbocycles. The van der Waals surface area contributed by atoms with E-state index >= 15 is 0 Å². The van der Waals surface area contributed by atoms with Crippen molar-refractivity contribution in [3.63, 3.8) is 0 Å². The van der Waals surface area contributed by atoms with Gasteiger partial charge in [-0.3, -0.25) is 0 Å². The SMILES string of the molecule is COc1ncnc2c1nc(CCl)n2Cc1cnc(C)s1. The quantitative estimate of drug-likeness (QED) is 0.692. The molecule has 20 heavy (non-hydrogen) atoms. The number of methoxy groups -OCH3 is 1. The summed E-state index contributed by atoms with van der Waals surface area (Å²) < 4.78 is 7.19. The normalized spacial score (nSPS) is 11.2. The van der Waals surface area contributed by atoms with E-state index in [1.54, 1.807) is 18.4 Å². The number of nitrogens with zero attached hydrogens (tertiary/aromatic N) is 5. The van der Waals surface area contributed by atoms with E-state index in [0.717, 1.165) is 21.4 Å². The standard InChI is InChI=1S/C12H12ClN5OS/c1-7-14-4-8(20-7)5-18-9(3-13)17-10-11(18)15-6-16-12(10)19-2/h4,6H,3,5H2,1-2H3. The number of aryl methyl sites for hydroxylation is 1. The minimum atomic E-state index is 0.303. The molecule has 0 atom stereocenters. The van der Waals surface area contributed by atoms with Gasteiger partial charge in [0.2, 0.25) is 5.88 Å². The van der Waals surface area contributed by atoms with Crippen LogP contribution in [0.1, 0.15) is 15.7 Å². The topological polar surface area (TPSA) is 65.7 Å². The van der Waals surface area contributed by atoms with Gasteiger partial charge in [0.1, 0.15) is 12.2 Å². The van der Waals surface area contributed by atoms with E-state index in [9.17, 15) is 0 Å². The van der Waals surface area contributed by atoms with Gasteiger partial charge in [0.15, 0.2) is 11.2 Å². The molecule has 3 rings (SSSR count). The molecule has 3 heterocycles. The zero-order valence-corrected chi connectivity index (χ0v) is 12.6. The highest BCUT2D eigenvalue weighted by atomic mass is 35.5. The number of fused-ring (bicyclic) bond motifs is 1. The van der Waals surface area contributed by atoms with E-state index in [4.69, 9.17) is 16.3 Å². The minimum Gasteiger partial charge on any atom is -0.479 e. The molecule has 0 radical (unpaired) electrons. The monoisotopic (exact) mass is 309 g/mol. The molecule has 0 aliphatic heterocycles. The van der Waals surface area contributed by atoms with Crippen LogP contribution in [0, 0.1) is 6.92 Å². The Balaban J connectivity index is 2.13. The summed E-state index contributed by atoms with van der Waals surface area (Å²) in [5.74, 6) is 1.50. The highest BCUT2D eigenvalue weighted by Crippen LogP contribution is 2.24. The Morgan fingerprint density at radius 1 is 1.35 bits per heavy atom. The molecule has 0 amide bonds. The van der Waals surface area contributed by atoms with Crippen LogP contribution in [0.4, 0.5) is 0 Å². The van der Waals surface area contributed by atoms with Crippen molar-refractivity contribution < 1.29 is 4.74 Å². The third kappa shape index (κ3) is 2.23. The fraction of sp³-hybridized carbons (Fsp3) is 0.333. The van der Waals surface area contributed by atoms with Crippen LogP contribution in [0.25, 0.3) is 11.2 Å². The molecular weight excluding hydrogens is 298 g/mol. The first-order chi connectivity index (χ1) is 9.72. The predicted octanol–water partition coefficient (Wildman–Crippen LogP) is 2.39. The largest absolute Gasteiger partial charge is 0.479 e. The molecule has 104 valence electrons. The van der Waals surface area contributed by atoms with Gasteiger partial charge in [-0.05, 0) is 6.92 Å². The number of imidazole rings is 1. The lowest BCUT2D eigenvalue weighted by Gasteiger charge is -2.04. The number of rotatable bonds is 4. The van der Waals surface area contributed by atoms with Gasteiger partial charge < -0.3 is 9.30 Å². The maximum absolute atomic E-state index is 5.99. The fourth-order valence-corrected chi connectivity index (χ4v) is 3.00. The highest BCUT2D eigenvalue weighted by Gasteiger charge is 2.16. The Kier molecular flexibility index (Phi) is 3.54. The van der Waals surface area contributed by atoms with E-state index in [1.165, 1.54) is 6.33 Å². The Labute approximate surface area is 124 Å². The third-order valence-electron chi connectivity index (χ3n) is 2.87. The zero-order valence-electron chi connectivity index (χ0n) is 11.0. The predicted molar refractivity (Wildman–Crippen MR) is 77.4 cm³/mol. The maximum Gasteiger partial charge on any atom is 0.245 e. The van der Waals surface area contributed by atoms with Gasteiger partial charge in [-0.15, -0.1) is 22.9 Å². The lowest BCUT2D eigenvalue weighted by Crippen LogP contribution is -2.03. The lowest BCUT2D eigenvalue weighted by molar-refractivity contribution is 0.401. The second-order valence-corrected chi connectivity index (χ2v) is 5.74. The van der Waals surface area contributed by atoms with Crippen LogP contribution in [-0.2, 0) is 12.4 Å². The summed E-state index contributed by atoms with van der Waals surface area (Å²) in [6, 6.07) is 0. The molecule has 0 aliphatic rings. The van der Waals surface area contributed by atoms with Crippen molar-refractivity contribution in [1.29, 1.82) is 0 Å². The van der Waals surface area contributed by atoms with E-state index < -0.39 is 0 Å². The number of ether oxygens (including phenoxy) is 1. The van der Waals surface area contributed by atoms with Crippen LogP contribution < -0.4 is 4.74 Å². The van der Waals surface area contributed by atoms with Crippen LogP contribution in [0.5, 0.6) is 5.88 Å². The van der Waals surface area contributed by atoms with Gasteiger partial charge in [0, 0.05) is 11.1 Å². The number of hydrogen-bond acceptors (Lipinski definition) is 6. The minimum absolute atomic E-state index is 0.303. The van der Waals surface area contributed by atoms with Crippen molar-refractivity contribution in [2.24, 2.45) is 0 Å². The average molecular weight is 310 g/mol. The molecular formula is C12H12ClN5OS. The van der Waals surface area contributed by atoms with Gasteiger partial charge in [0.25, 0.3) is 0 Å². The van der Waals surface area contributed by atoms with Gasteiger partial charge >= 0.3 is 0 Å². The molecule has 8 heteroatoms. The van der Waals surface area contributed by atoms with Gasteiger partial charge in [-0.1, -0.05) is 0 Å². The number of thiazole rings is 1. The summed E-state index contributed by atoms with van der Waals surface area (Å²) in [5, 5.41) is 1.03. The molecule has 3 aromatic heterocycles. The molecule has 6 nitrogen and oxygen atoms in total. The molecule has 3 aromatic rings. The maximum atomic E-state index is 5.99. The van der Waals surface area contributed by atoms with Gasteiger partial charge in [-0.25, -0.2) is 15.0 Å². The summed E-state index contributed by atoms with van der Waals surface area (Å²) >= 11 is 7.63. The Hall–Kier alpha value is -1.73. The summed E-state index contributed by atoms with van der Waals surface area (Å²) in [5.41, 5.74) is 1.35. The fourth-order valence-electron chi connectivity index (χ4n) is 2.01. The number of halogens is 1. The van der Waals surface area contributed by atoms with Crippen molar-refractivity contribution in [3.8, 4) is 5.88 Å². The first kappa shape index (κ1) is 13.3. The summed E-state index contributed by atoms with van der Waals surface area (Å²) in [6.45, 7) is 2.62. The van der Waals surface area contributed by atoms with Crippen LogP contribution in [0.3, 0.4) is 0 Å². The van der Waals surface area contributed by atoms with Crippen molar-refractivity contribution in [2.75, 3.05) is 7.11 Å². The van der Waals surface area contributed by atoms with Crippen molar-refractivity contribution in [1.82, 2.24) is 24.5 Å². The summed E-state index contributed by atoms with van der Waals surface area (Å²) in [4.78, 5) is 18.2. The van der Waals surface area contributed by atoms with Crippen LogP contribution in [0.15, 0.2) is 12.5 Å². The molecule has 0 saturated heterocycles. The molecule has 0 bridgehead atoms. The Morgan fingerprint density at radius 2 is 2.20 bits per heavy atom. The molecule has 0 fully saturated rings.